The Kier molecular flexibility index (Phi) is 3.43. The molecule has 1 aromatic heterocycles. The van der Waals surface area contributed by atoms with E-state index in [1.54, 1.807) is 16.8 Å². The Labute approximate surface area is 113 Å². The molecule has 0 aromatic carbocycles. The van der Waals surface area contributed by atoms with Crippen LogP contribution < -0.4 is 5.73 Å². The lowest BCUT2D eigenvalue weighted by molar-refractivity contribution is 0.0524. The highest BCUT2D eigenvalue weighted by molar-refractivity contribution is 6.31. The second kappa shape index (κ2) is 4.59. The molecule has 18 heavy (non-hydrogen) atoms. The number of halogens is 1. The summed E-state index contributed by atoms with van der Waals surface area (Å²) in [6.45, 7) is 5.62. The Morgan fingerprint density at radius 1 is 1.56 bits per heavy atom. The number of likely N-dealkylation sites (tertiary alicyclic amines) is 1. The van der Waals surface area contributed by atoms with Crippen LogP contribution in [-0.2, 0) is 7.05 Å². The molecule has 1 aliphatic rings. The first kappa shape index (κ1) is 13.4. The first-order chi connectivity index (χ1) is 8.31. The highest BCUT2D eigenvalue weighted by Gasteiger charge is 2.36. The van der Waals surface area contributed by atoms with Gasteiger partial charge in [0, 0.05) is 32.4 Å². The zero-order chi connectivity index (χ0) is 13.5. The molecule has 1 aliphatic heterocycles. The number of nitrogens with zero attached hydrogens (tertiary/aromatic N) is 2. The molecule has 0 saturated carbocycles. The Morgan fingerprint density at radius 3 is 2.72 bits per heavy atom. The van der Waals surface area contributed by atoms with Crippen molar-refractivity contribution in [1.82, 2.24) is 9.47 Å². The summed E-state index contributed by atoms with van der Waals surface area (Å²) in [5.41, 5.74) is 6.68. The van der Waals surface area contributed by atoms with Crippen LogP contribution in [0.2, 0.25) is 5.02 Å². The van der Waals surface area contributed by atoms with E-state index < -0.39 is 0 Å². The molecule has 1 saturated heterocycles. The van der Waals surface area contributed by atoms with E-state index in [0.29, 0.717) is 23.8 Å². The molecule has 0 radical (unpaired) electrons. The number of hydrogen-bond donors (Lipinski definition) is 1. The topological polar surface area (TPSA) is 51.3 Å². The van der Waals surface area contributed by atoms with Gasteiger partial charge in [0.2, 0.25) is 0 Å². The summed E-state index contributed by atoms with van der Waals surface area (Å²) in [6, 6.07) is 1.87. The van der Waals surface area contributed by atoms with Gasteiger partial charge in [-0.25, -0.2) is 0 Å². The number of aryl methyl sites for hydroxylation is 1. The minimum absolute atomic E-state index is 0.0318. The predicted molar refractivity (Wildman–Crippen MR) is 72.7 cm³/mol. The van der Waals surface area contributed by atoms with Gasteiger partial charge in [0.1, 0.15) is 5.69 Å². The number of carbonyl (C=O) groups is 1. The van der Waals surface area contributed by atoms with E-state index >= 15 is 0 Å². The minimum Gasteiger partial charge on any atom is -0.345 e. The number of carbonyl (C=O) groups excluding carboxylic acids is 1. The van der Waals surface area contributed by atoms with E-state index in [1.165, 1.54) is 0 Å². The van der Waals surface area contributed by atoms with Crippen molar-refractivity contribution in [2.24, 2.45) is 18.2 Å². The number of rotatable bonds is 1. The highest BCUT2D eigenvalue weighted by Crippen LogP contribution is 2.28. The first-order valence-corrected chi connectivity index (χ1v) is 6.56. The van der Waals surface area contributed by atoms with Crippen molar-refractivity contribution in [3.05, 3.63) is 23.0 Å². The minimum atomic E-state index is -0.0388. The van der Waals surface area contributed by atoms with Gasteiger partial charge in [0.25, 0.3) is 5.91 Å². The Balaban J connectivity index is 2.18. The molecule has 0 bridgehead atoms. The van der Waals surface area contributed by atoms with Gasteiger partial charge in [-0.15, -0.1) is 0 Å². The number of aromatic nitrogens is 1. The normalized spacial score (nSPS) is 23.2. The van der Waals surface area contributed by atoms with Crippen LogP contribution in [0, 0.1) is 5.41 Å². The molecule has 5 heteroatoms. The zero-order valence-corrected chi connectivity index (χ0v) is 11.9. The van der Waals surface area contributed by atoms with Crippen molar-refractivity contribution >= 4 is 17.5 Å². The third-order valence-electron chi connectivity index (χ3n) is 3.79. The molecule has 2 N–H and O–H groups in total. The molecule has 0 aliphatic carbocycles. The lowest BCUT2D eigenvalue weighted by atomic mass is 9.79. The van der Waals surface area contributed by atoms with E-state index in [1.807, 2.05) is 11.9 Å². The van der Waals surface area contributed by atoms with Gasteiger partial charge in [0.15, 0.2) is 0 Å². The molecule has 1 fully saturated rings. The van der Waals surface area contributed by atoms with Crippen molar-refractivity contribution in [3.63, 3.8) is 0 Å². The van der Waals surface area contributed by atoms with Gasteiger partial charge in [0.05, 0.1) is 5.02 Å². The molecule has 0 spiro atoms. The average molecular weight is 270 g/mol. The van der Waals surface area contributed by atoms with Crippen LogP contribution in [0.4, 0.5) is 0 Å². The van der Waals surface area contributed by atoms with Crippen LogP contribution in [0.5, 0.6) is 0 Å². The maximum Gasteiger partial charge on any atom is 0.270 e. The average Bonchev–Trinajstić information content (AvgIpc) is 2.60. The van der Waals surface area contributed by atoms with Crippen LogP contribution in [0.25, 0.3) is 0 Å². The number of nitrogens with two attached hydrogens (primary N) is 1. The van der Waals surface area contributed by atoms with Crippen LogP contribution >= 0.6 is 11.6 Å². The standard InChI is InChI=1S/C13H20ClN3O/c1-13(2)8-17(5-4-11(13)15)12(18)10-6-9(14)7-16(10)3/h6-7,11H,4-5,8,15H2,1-3H3. The highest BCUT2D eigenvalue weighted by atomic mass is 35.5. The number of piperidine rings is 1. The van der Waals surface area contributed by atoms with Gasteiger partial charge in [-0.1, -0.05) is 25.4 Å². The second-order valence-electron chi connectivity index (χ2n) is 5.76. The third kappa shape index (κ3) is 2.40. The van der Waals surface area contributed by atoms with Crippen LogP contribution in [-0.4, -0.2) is 34.5 Å². The zero-order valence-electron chi connectivity index (χ0n) is 11.1. The molecule has 1 aromatic rings. The fraction of sp³-hybridized carbons (Fsp3) is 0.615. The lowest BCUT2D eigenvalue weighted by Crippen LogP contribution is -2.54. The molecule has 1 unspecified atom stereocenters. The Bertz CT molecular complexity index is 467. The SMILES string of the molecule is Cn1cc(Cl)cc1C(=O)N1CCC(N)C(C)(C)C1. The summed E-state index contributed by atoms with van der Waals surface area (Å²) in [5, 5.41) is 0.592. The molecule has 4 nitrogen and oxygen atoms in total. The van der Waals surface area contributed by atoms with Crippen molar-refractivity contribution in [2.45, 2.75) is 26.3 Å². The summed E-state index contributed by atoms with van der Waals surface area (Å²) < 4.78 is 1.77. The quantitative estimate of drug-likeness (QED) is 0.846. The summed E-state index contributed by atoms with van der Waals surface area (Å²) in [4.78, 5) is 14.3. The van der Waals surface area contributed by atoms with Gasteiger partial charge >= 0.3 is 0 Å². The van der Waals surface area contributed by atoms with Gasteiger partial charge in [-0.2, -0.15) is 0 Å². The Morgan fingerprint density at radius 2 is 2.22 bits per heavy atom. The maximum atomic E-state index is 12.4. The van der Waals surface area contributed by atoms with Crippen molar-refractivity contribution < 1.29 is 4.79 Å². The molecular weight excluding hydrogens is 250 g/mol. The van der Waals surface area contributed by atoms with E-state index in [9.17, 15) is 4.79 Å². The largest absolute Gasteiger partial charge is 0.345 e. The summed E-state index contributed by atoms with van der Waals surface area (Å²) in [5.74, 6) is 0.0318. The first-order valence-electron chi connectivity index (χ1n) is 6.18. The van der Waals surface area contributed by atoms with E-state index in [-0.39, 0.29) is 17.4 Å². The van der Waals surface area contributed by atoms with Crippen LogP contribution in [0.1, 0.15) is 30.8 Å². The van der Waals surface area contributed by atoms with Crippen molar-refractivity contribution in [2.75, 3.05) is 13.1 Å². The van der Waals surface area contributed by atoms with Gasteiger partial charge in [-0.3, -0.25) is 4.79 Å². The molecule has 1 amide bonds. The Hall–Kier alpha value is -1.00. The molecule has 1 atom stereocenters. The van der Waals surface area contributed by atoms with Crippen molar-refractivity contribution in [1.29, 1.82) is 0 Å². The fourth-order valence-corrected chi connectivity index (χ4v) is 2.70. The molecule has 2 rings (SSSR count). The number of hydrogen-bond acceptors (Lipinski definition) is 2. The van der Waals surface area contributed by atoms with E-state index in [0.717, 1.165) is 6.42 Å². The smallest absolute Gasteiger partial charge is 0.270 e. The van der Waals surface area contributed by atoms with E-state index in [2.05, 4.69) is 13.8 Å². The van der Waals surface area contributed by atoms with Gasteiger partial charge < -0.3 is 15.2 Å². The fourth-order valence-electron chi connectivity index (χ4n) is 2.45. The summed E-state index contributed by atoms with van der Waals surface area (Å²) >= 11 is 5.92. The number of amides is 1. The van der Waals surface area contributed by atoms with Crippen LogP contribution in [0.15, 0.2) is 12.3 Å². The molecule has 2 heterocycles. The molecular formula is C13H20ClN3O. The summed E-state index contributed by atoms with van der Waals surface area (Å²) in [6.07, 6.45) is 2.59. The molecule has 100 valence electrons. The van der Waals surface area contributed by atoms with E-state index in [4.69, 9.17) is 17.3 Å². The monoisotopic (exact) mass is 269 g/mol. The lowest BCUT2D eigenvalue weighted by Gasteiger charge is -2.42. The van der Waals surface area contributed by atoms with Crippen LogP contribution in [0.3, 0.4) is 0 Å². The van der Waals surface area contributed by atoms with Crippen molar-refractivity contribution in [3.8, 4) is 0 Å². The third-order valence-corrected chi connectivity index (χ3v) is 4.00. The van der Waals surface area contributed by atoms with Gasteiger partial charge in [-0.05, 0) is 17.9 Å². The predicted octanol–water partition coefficient (Wildman–Crippen LogP) is 1.88. The summed E-state index contributed by atoms with van der Waals surface area (Å²) in [7, 11) is 1.83. The maximum absolute atomic E-state index is 12.4. The second-order valence-corrected chi connectivity index (χ2v) is 6.20.